The second kappa shape index (κ2) is 11.0. The van der Waals surface area contributed by atoms with E-state index in [0.717, 1.165) is 17.7 Å². The van der Waals surface area contributed by atoms with Gasteiger partial charge in [0.15, 0.2) is 11.5 Å². The molecule has 2 aromatic rings. The first-order chi connectivity index (χ1) is 12.7. The Morgan fingerprint density at radius 1 is 1.00 bits per heavy atom. The summed E-state index contributed by atoms with van der Waals surface area (Å²) >= 11 is 3.36. The molecule has 1 amide bonds. The molecule has 2 aromatic carbocycles. The number of carbonyl (C=O) groups excluding carboxylic acids is 1. The number of hydrogen-bond acceptors (Lipinski definition) is 5. The Balaban J connectivity index is 1.68. The first-order valence-corrected chi connectivity index (χ1v) is 10.7. The van der Waals surface area contributed by atoms with E-state index in [0.29, 0.717) is 23.8 Å². The molecule has 4 nitrogen and oxygen atoms in total. The molecule has 0 spiro atoms. The fourth-order valence-corrected chi connectivity index (χ4v) is 3.64. The number of thioether (sulfide) groups is 2. The molecule has 0 atom stereocenters. The van der Waals surface area contributed by atoms with Crippen molar-refractivity contribution in [3.8, 4) is 11.5 Å². The maximum Gasteiger partial charge on any atom is 0.230 e. The van der Waals surface area contributed by atoms with Gasteiger partial charge < -0.3 is 14.8 Å². The number of nitrogens with one attached hydrogen (secondary N) is 1. The zero-order chi connectivity index (χ0) is 18.8. The van der Waals surface area contributed by atoms with Crippen LogP contribution in [-0.2, 0) is 17.0 Å². The number of amides is 1. The second-order valence-electron chi connectivity index (χ2n) is 5.63. The molecule has 0 unspecified atom stereocenters. The minimum absolute atomic E-state index is 0.0659. The molecule has 0 bridgehead atoms. The summed E-state index contributed by atoms with van der Waals surface area (Å²) in [6, 6.07) is 14.3. The van der Waals surface area contributed by atoms with Gasteiger partial charge >= 0.3 is 0 Å². The van der Waals surface area contributed by atoms with Crippen LogP contribution in [0.3, 0.4) is 0 Å². The molecule has 0 aliphatic heterocycles. The molecule has 0 aliphatic rings. The summed E-state index contributed by atoms with van der Waals surface area (Å²) in [4.78, 5) is 13.2. The zero-order valence-corrected chi connectivity index (χ0v) is 17.0. The lowest BCUT2D eigenvalue weighted by Crippen LogP contribution is -2.27. The molecule has 26 heavy (non-hydrogen) atoms. The molecule has 0 aromatic heterocycles. The summed E-state index contributed by atoms with van der Waals surface area (Å²) in [5, 5.41) is 2.97. The van der Waals surface area contributed by atoms with E-state index in [9.17, 15) is 4.79 Å². The van der Waals surface area contributed by atoms with Crippen LogP contribution in [0.15, 0.2) is 47.4 Å². The van der Waals surface area contributed by atoms with Crippen molar-refractivity contribution in [2.24, 2.45) is 0 Å². The van der Waals surface area contributed by atoms with E-state index in [1.165, 1.54) is 10.5 Å². The third-order valence-electron chi connectivity index (χ3n) is 3.84. The summed E-state index contributed by atoms with van der Waals surface area (Å²) in [6.45, 7) is 0.608. The van der Waals surface area contributed by atoms with Crippen LogP contribution in [0.25, 0.3) is 0 Å². The highest BCUT2D eigenvalue weighted by molar-refractivity contribution is 7.99. The highest BCUT2D eigenvalue weighted by atomic mass is 32.2. The molecule has 0 saturated heterocycles. The van der Waals surface area contributed by atoms with E-state index >= 15 is 0 Å². The normalized spacial score (nSPS) is 10.4. The second-order valence-corrected chi connectivity index (χ2v) is 7.50. The van der Waals surface area contributed by atoms with Gasteiger partial charge in [0.1, 0.15) is 0 Å². The summed E-state index contributed by atoms with van der Waals surface area (Å²) in [5.41, 5.74) is 2.34. The lowest BCUT2D eigenvalue weighted by molar-refractivity contribution is -0.118. The van der Waals surface area contributed by atoms with Crippen molar-refractivity contribution in [2.75, 3.05) is 32.8 Å². The third-order valence-corrected chi connectivity index (χ3v) is 5.59. The number of benzene rings is 2. The van der Waals surface area contributed by atoms with Gasteiger partial charge in [-0.1, -0.05) is 18.2 Å². The summed E-state index contributed by atoms with van der Waals surface area (Å²) < 4.78 is 10.5. The Morgan fingerprint density at radius 3 is 2.35 bits per heavy atom. The minimum atomic E-state index is 0.0659. The van der Waals surface area contributed by atoms with Crippen LogP contribution < -0.4 is 14.8 Å². The lowest BCUT2D eigenvalue weighted by atomic mass is 10.1. The monoisotopic (exact) mass is 391 g/mol. The van der Waals surface area contributed by atoms with E-state index in [2.05, 4.69) is 35.8 Å². The van der Waals surface area contributed by atoms with Gasteiger partial charge in [-0.2, -0.15) is 0 Å². The first kappa shape index (κ1) is 20.5. The van der Waals surface area contributed by atoms with Crippen LogP contribution in [0.5, 0.6) is 11.5 Å². The molecule has 1 N–H and O–H groups in total. The van der Waals surface area contributed by atoms with Crippen LogP contribution in [0.4, 0.5) is 0 Å². The van der Waals surface area contributed by atoms with E-state index in [-0.39, 0.29) is 5.91 Å². The van der Waals surface area contributed by atoms with Crippen LogP contribution >= 0.6 is 23.5 Å². The van der Waals surface area contributed by atoms with Crippen molar-refractivity contribution in [1.29, 1.82) is 0 Å². The molecular formula is C20H25NO3S2. The lowest BCUT2D eigenvalue weighted by Gasteiger charge is -2.10. The van der Waals surface area contributed by atoms with Gasteiger partial charge in [0.25, 0.3) is 0 Å². The number of ether oxygens (including phenoxy) is 2. The third kappa shape index (κ3) is 6.50. The predicted octanol–water partition coefficient (Wildman–Crippen LogP) is 4.02. The summed E-state index contributed by atoms with van der Waals surface area (Å²) in [6.07, 6.45) is 2.82. The van der Waals surface area contributed by atoms with Crippen LogP contribution in [0.1, 0.15) is 11.1 Å². The smallest absolute Gasteiger partial charge is 0.230 e. The highest BCUT2D eigenvalue weighted by Crippen LogP contribution is 2.27. The standard InChI is InChI=1S/C20H25NO3S2/c1-23-18-9-6-15(12-19(18)24-2)10-11-21-20(22)14-26-13-16-4-7-17(25-3)8-5-16/h4-9,12H,10-11,13-14H2,1-3H3,(H,21,22). The Kier molecular flexibility index (Phi) is 8.71. The molecule has 6 heteroatoms. The zero-order valence-electron chi connectivity index (χ0n) is 15.4. The van der Waals surface area contributed by atoms with Gasteiger partial charge in [-0.3, -0.25) is 4.79 Å². The quantitative estimate of drug-likeness (QED) is 0.620. The van der Waals surface area contributed by atoms with Crippen molar-refractivity contribution in [3.63, 3.8) is 0 Å². The maximum absolute atomic E-state index is 12.0. The van der Waals surface area contributed by atoms with Crippen LogP contribution in [-0.4, -0.2) is 38.7 Å². The van der Waals surface area contributed by atoms with E-state index in [1.807, 2.05) is 18.2 Å². The SMILES string of the molecule is COc1ccc(CCNC(=O)CSCc2ccc(SC)cc2)cc1OC. The molecular weight excluding hydrogens is 366 g/mol. The van der Waals surface area contributed by atoms with Gasteiger partial charge in [-0.25, -0.2) is 0 Å². The Labute approximate surface area is 164 Å². The Morgan fingerprint density at radius 2 is 1.69 bits per heavy atom. The molecule has 140 valence electrons. The van der Waals surface area contributed by atoms with Crippen molar-refractivity contribution >= 4 is 29.4 Å². The minimum Gasteiger partial charge on any atom is -0.493 e. The largest absolute Gasteiger partial charge is 0.493 e. The fourth-order valence-electron chi connectivity index (χ4n) is 2.42. The topological polar surface area (TPSA) is 47.6 Å². The first-order valence-electron chi connectivity index (χ1n) is 8.34. The molecule has 0 aliphatic carbocycles. The molecule has 0 radical (unpaired) electrons. The predicted molar refractivity (Wildman–Crippen MR) is 111 cm³/mol. The van der Waals surface area contributed by atoms with Gasteiger partial charge in [-0.15, -0.1) is 23.5 Å². The number of hydrogen-bond donors (Lipinski definition) is 1. The maximum atomic E-state index is 12.0. The molecule has 0 heterocycles. The number of rotatable bonds is 10. The van der Waals surface area contributed by atoms with Gasteiger partial charge in [0, 0.05) is 17.2 Å². The molecule has 0 saturated carbocycles. The van der Waals surface area contributed by atoms with Crippen molar-refractivity contribution < 1.29 is 14.3 Å². The van der Waals surface area contributed by atoms with E-state index in [4.69, 9.17) is 9.47 Å². The van der Waals surface area contributed by atoms with Gasteiger partial charge in [-0.05, 0) is 48.1 Å². The Bertz CT molecular complexity index is 705. The summed E-state index contributed by atoms with van der Waals surface area (Å²) in [7, 11) is 3.24. The van der Waals surface area contributed by atoms with Gasteiger partial charge in [0.05, 0.1) is 20.0 Å². The van der Waals surface area contributed by atoms with Crippen molar-refractivity contribution in [2.45, 2.75) is 17.1 Å². The summed E-state index contributed by atoms with van der Waals surface area (Å²) in [5.74, 6) is 2.80. The number of carbonyl (C=O) groups is 1. The fraction of sp³-hybridized carbons (Fsp3) is 0.350. The van der Waals surface area contributed by atoms with Crippen molar-refractivity contribution in [1.82, 2.24) is 5.32 Å². The van der Waals surface area contributed by atoms with E-state index < -0.39 is 0 Å². The van der Waals surface area contributed by atoms with E-state index in [1.54, 1.807) is 37.7 Å². The van der Waals surface area contributed by atoms with Crippen molar-refractivity contribution in [3.05, 3.63) is 53.6 Å². The number of methoxy groups -OCH3 is 2. The highest BCUT2D eigenvalue weighted by Gasteiger charge is 2.06. The van der Waals surface area contributed by atoms with Gasteiger partial charge in [0.2, 0.25) is 5.91 Å². The Hall–Kier alpha value is -1.79. The molecule has 2 rings (SSSR count). The average Bonchev–Trinajstić information content (AvgIpc) is 2.68. The van der Waals surface area contributed by atoms with Crippen LogP contribution in [0, 0.1) is 0 Å². The molecule has 0 fully saturated rings. The van der Waals surface area contributed by atoms with Crippen LogP contribution in [0.2, 0.25) is 0 Å². The average molecular weight is 392 g/mol.